The monoisotopic (exact) mass is 400 g/mol. The van der Waals surface area contributed by atoms with E-state index in [0.717, 1.165) is 24.3 Å². The Morgan fingerprint density at radius 1 is 0.929 bits per heavy atom. The first-order valence-electron chi connectivity index (χ1n) is 8.57. The highest BCUT2D eigenvalue weighted by Gasteiger charge is 2.09. The van der Waals surface area contributed by atoms with E-state index >= 15 is 0 Å². The lowest BCUT2D eigenvalue weighted by Gasteiger charge is -2.07. The number of carbonyl (C=O) groups excluding carboxylic acids is 2. The molecule has 0 aromatic heterocycles. The number of carboxylic acid groups (broad SMARTS) is 1. The van der Waals surface area contributed by atoms with Gasteiger partial charge >= 0.3 is 11.9 Å². The minimum Gasteiger partial charge on any atom is -0.494 e. The number of esters is 1. The predicted octanol–water partition coefficient (Wildman–Crippen LogP) is 4.21. The first-order chi connectivity index (χ1) is 13.5. The summed E-state index contributed by atoms with van der Waals surface area (Å²) >= 11 is 1.03. The van der Waals surface area contributed by atoms with Crippen LogP contribution in [0.4, 0.5) is 0 Å². The Kier molecular flexibility index (Phi) is 8.30. The van der Waals surface area contributed by atoms with Gasteiger partial charge in [0.05, 0.1) is 18.8 Å². The van der Waals surface area contributed by atoms with Crippen molar-refractivity contribution in [3.05, 3.63) is 72.3 Å². The van der Waals surface area contributed by atoms with Gasteiger partial charge in [0.25, 0.3) is 0 Å². The molecular weight excluding hydrogens is 380 g/mol. The molecule has 0 bridgehead atoms. The SMILES string of the molecule is C=CC(=O)OCCCCOc1ccc(C(=O)Sc2ccc(C(=O)O)cc2)cc1. The van der Waals surface area contributed by atoms with Gasteiger partial charge in [-0.1, -0.05) is 6.58 Å². The van der Waals surface area contributed by atoms with E-state index in [1.54, 1.807) is 36.4 Å². The van der Waals surface area contributed by atoms with Crippen LogP contribution in [0.3, 0.4) is 0 Å². The van der Waals surface area contributed by atoms with E-state index in [-0.39, 0.29) is 10.7 Å². The molecule has 2 aromatic carbocycles. The molecule has 2 aromatic rings. The number of carbonyl (C=O) groups is 3. The Labute approximate surface area is 167 Å². The van der Waals surface area contributed by atoms with Crippen molar-refractivity contribution in [2.75, 3.05) is 13.2 Å². The van der Waals surface area contributed by atoms with Gasteiger partial charge < -0.3 is 14.6 Å². The maximum absolute atomic E-state index is 12.3. The van der Waals surface area contributed by atoms with Crippen LogP contribution in [0.5, 0.6) is 5.75 Å². The summed E-state index contributed by atoms with van der Waals surface area (Å²) in [5.74, 6) is -0.788. The van der Waals surface area contributed by atoms with Crippen molar-refractivity contribution in [3.8, 4) is 5.75 Å². The van der Waals surface area contributed by atoms with Gasteiger partial charge in [0.15, 0.2) is 0 Å². The zero-order chi connectivity index (χ0) is 20.4. The molecule has 0 saturated carbocycles. The molecule has 0 fully saturated rings. The van der Waals surface area contributed by atoms with Gasteiger partial charge in [0.1, 0.15) is 5.75 Å². The molecule has 2 rings (SSSR count). The van der Waals surface area contributed by atoms with Crippen molar-refractivity contribution in [1.29, 1.82) is 0 Å². The Hall–Kier alpha value is -3.06. The molecule has 0 aliphatic carbocycles. The number of aromatic carboxylic acids is 1. The van der Waals surface area contributed by atoms with E-state index in [9.17, 15) is 14.4 Å². The smallest absolute Gasteiger partial charge is 0.335 e. The number of benzene rings is 2. The molecular formula is C21H20O6S. The lowest BCUT2D eigenvalue weighted by atomic mass is 10.2. The van der Waals surface area contributed by atoms with E-state index < -0.39 is 11.9 Å². The molecule has 28 heavy (non-hydrogen) atoms. The van der Waals surface area contributed by atoms with Crippen molar-refractivity contribution in [2.45, 2.75) is 17.7 Å². The Morgan fingerprint density at radius 3 is 2.14 bits per heavy atom. The molecule has 146 valence electrons. The largest absolute Gasteiger partial charge is 0.494 e. The topological polar surface area (TPSA) is 89.9 Å². The summed E-state index contributed by atoms with van der Waals surface area (Å²) in [6.45, 7) is 4.12. The van der Waals surface area contributed by atoms with Crippen molar-refractivity contribution < 1.29 is 29.0 Å². The van der Waals surface area contributed by atoms with Crippen molar-refractivity contribution in [1.82, 2.24) is 0 Å². The van der Waals surface area contributed by atoms with Gasteiger partial charge in [0, 0.05) is 16.5 Å². The number of hydrogen-bond acceptors (Lipinski definition) is 6. The van der Waals surface area contributed by atoms with Gasteiger partial charge in [0.2, 0.25) is 5.12 Å². The third kappa shape index (κ3) is 6.92. The zero-order valence-corrected chi connectivity index (χ0v) is 15.9. The van der Waals surface area contributed by atoms with Crippen molar-refractivity contribution >= 4 is 28.8 Å². The van der Waals surface area contributed by atoms with Gasteiger partial charge in [-0.2, -0.15) is 0 Å². The van der Waals surface area contributed by atoms with E-state index in [0.29, 0.717) is 35.8 Å². The van der Waals surface area contributed by atoms with Gasteiger partial charge in [-0.15, -0.1) is 0 Å². The minimum absolute atomic E-state index is 0.140. The first-order valence-corrected chi connectivity index (χ1v) is 9.39. The van der Waals surface area contributed by atoms with Crippen LogP contribution in [0, 0.1) is 0 Å². The number of thioether (sulfide) groups is 1. The summed E-state index contributed by atoms with van der Waals surface area (Å²) in [7, 11) is 0. The number of ether oxygens (including phenoxy) is 2. The van der Waals surface area contributed by atoms with E-state index in [4.69, 9.17) is 14.6 Å². The third-order valence-electron chi connectivity index (χ3n) is 3.62. The molecule has 0 amide bonds. The predicted molar refractivity (Wildman–Crippen MR) is 106 cm³/mol. The lowest BCUT2D eigenvalue weighted by Crippen LogP contribution is -2.04. The maximum Gasteiger partial charge on any atom is 0.335 e. The highest BCUT2D eigenvalue weighted by molar-refractivity contribution is 8.14. The number of hydrogen-bond donors (Lipinski definition) is 1. The molecule has 0 spiro atoms. The zero-order valence-electron chi connectivity index (χ0n) is 15.1. The van der Waals surface area contributed by atoms with Crippen LogP contribution in [0.25, 0.3) is 0 Å². The quantitative estimate of drug-likeness (QED) is 0.277. The molecule has 0 saturated heterocycles. The first kappa shape index (κ1) is 21.2. The van der Waals surface area contributed by atoms with Gasteiger partial charge in [-0.25, -0.2) is 9.59 Å². The second-order valence-electron chi connectivity index (χ2n) is 5.67. The standard InChI is InChI=1S/C21H20O6S/c1-2-19(22)27-14-4-3-13-26-17-9-5-16(6-10-17)21(25)28-18-11-7-15(8-12-18)20(23)24/h2,5-12H,1,3-4,13-14H2,(H,23,24). The number of rotatable bonds is 10. The summed E-state index contributed by atoms with van der Waals surface area (Å²) in [6.07, 6.45) is 2.55. The Morgan fingerprint density at radius 2 is 1.54 bits per heavy atom. The second-order valence-corrected chi connectivity index (χ2v) is 6.72. The fraction of sp³-hybridized carbons (Fsp3) is 0.190. The molecule has 0 unspecified atom stereocenters. The van der Waals surface area contributed by atoms with Crippen LogP contribution in [0.1, 0.15) is 33.6 Å². The molecule has 0 aliphatic rings. The Bertz CT molecular complexity index is 827. The Balaban J connectivity index is 1.76. The molecule has 0 heterocycles. The van der Waals surface area contributed by atoms with E-state index in [2.05, 4.69) is 6.58 Å². The fourth-order valence-corrected chi connectivity index (χ4v) is 2.88. The number of unbranched alkanes of at least 4 members (excludes halogenated alkanes) is 1. The van der Waals surface area contributed by atoms with Crippen LogP contribution in [-0.2, 0) is 9.53 Å². The molecule has 6 nitrogen and oxygen atoms in total. The molecule has 0 radical (unpaired) electrons. The maximum atomic E-state index is 12.3. The summed E-state index contributed by atoms with van der Waals surface area (Å²) in [5.41, 5.74) is 0.702. The van der Waals surface area contributed by atoms with Crippen LogP contribution >= 0.6 is 11.8 Å². The van der Waals surface area contributed by atoms with Gasteiger partial charge in [-0.3, -0.25) is 4.79 Å². The lowest BCUT2D eigenvalue weighted by molar-refractivity contribution is -0.137. The highest BCUT2D eigenvalue weighted by Crippen LogP contribution is 2.24. The third-order valence-corrected chi connectivity index (χ3v) is 4.55. The highest BCUT2D eigenvalue weighted by atomic mass is 32.2. The average molecular weight is 400 g/mol. The van der Waals surface area contributed by atoms with Crippen LogP contribution in [-0.4, -0.2) is 35.4 Å². The van der Waals surface area contributed by atoms with Gasteiger partial charge in [-0.05, 0) is 73.1 Å². The summed E-state index contributed by atoms with van der Waals surface area (Å²) in [5, 5.41) is 8.75. The fourth-order valence-electron chi connectivity index (χ4n) is 2.14. The van der Waals surface area contributed by atoms with Crippen LogP contribution < -0.4 is 4.74 Å². The van der Waals surface area contributed by atoms with Crippen LogP contribution in [0.2, 0.25) is 0 Å². The summed E-state index contributed by atoms with van der Waals surface area (Å²) < 4.78 is 10.5. The average Bonchev–Trinajstić information content (AvgIpc) is 2.71. The van der Waals surface area contributed by atoms with Crippen LogP contribution in [0.15, 0.2) is 66.1 Å². The number of carboxylic acids is 1. The normalized spacial score (nSPS) is 10.1. The molecule has 1 N–H and O–H groups in total. The van der Waals surface area contributed by atoms with Crippen molar-refractivity contribution in [2.24, 2.45) is 0 Å². The minimum atomic E-state index is -1.00. The molecule has 0 aliphatic heterocycles. The van der Waals surface area contributed by atoms with Crippen molar-refractivity contribution in [3.63, 3.8) is 0 Å². The molecule has 7 heteroatoms. The summed E-state index contributed by atoms with van der Waals surface area (Å²) in [6, 6.07) is 13.0. The molecule has 0 atom stereocenters. The van der Waals surface area contributed by atoms with E-state index in [1.165, 1.54) is 12.1 Å². The van der Waals surface area contributed by atoms with E-state index in [1.807, 2.05) is 0 Å². The second kappa shape index (κ2) is 10.9. The summed E-state index contributed by atoms with van der Waals surface area (Å²) in [4.78, 5) is 34.7.